The smallest absolute Gasteiger partial charge is 0.240 e. The molecule has 0 spiro atoms. The molecule has 1 amide bonds. The number of ether oxygens (including phenoxy) is 2. The van der Waals surface area contributed by atoms with Crippen LogP contribution in [0.1, 0.15) is 31.2 Å². The van der Waals surface area contributed by atoms with Crippen LogP contribution in [0.3, 0.4) is 0 Å². The zero-order valence-corrected chi connectivity index (χ0v) is 15.9. The van der Waals surface area contributed by atoms with E-state index in [-0.39, 0.29) is 12.0 Å². The maximum absolute atomic E-state index is 11.3. The highest BCUT2D eigenvalue weighted by Crippen LogP contribution is 2.28. The van der Waals surface area contributed by atoms with Crippen LogP contribution in [0.5, 0.6) is 5.75 Å². The molecular formula is C22H21N3O4. The second-order valence-corrected chi connectivity index (χ2v) is 7.25. The lowest BCUT2D eigenvalue weighted by molar-refractivity contribution is -0.121. The maximum atomic E-state index is 11.3. The summed E-state index contributed by atoms with van der Waals surface area (Å²) in [6.07, 6.45) is 3.12. The van der Waals surface area contributed by atoms with Crippen LogP contribution in [0.4, 0.5) is 0 Å². The van der Waals surface area contributed by atoms with Gasteiger partial charge in [-0.15, -0.1) is 0 Å². The summed E-state index contributed by atoms with van der Waals surface area (Å²) in [6.45, 7) is 1.51. The van der Waals surface area contributed by atoms with Gasteiger partial charge in [-0.2, -0.15) is 5.10 Å². The lowest BCUT2D eigenvalue weighted by atomic mass is 10.0. The van der Waals surface area contributed by atoms with Crippen LogP contribution in [0.2, 0.25) is 0 Å². The molecule has 2 aliphatic heterocycles. The Morgan fingerprint density at radius 1 is 1.00 bits per heavy atom. The number of carbonyl (C=O) groups excluding carboxylic acids is 1. The molecule has 1 N–H and O–H groups in total. The summed E-state index contributed by atoms with van der Waals surface area (Å²) in [4.78, 5) is 15.9. The number of carbonyl (C=O) groups is 1. The fraction of sp³-hybridized carbons (Fsp3) is 0.318. The Morgan fingerprint density at radius 3 is 2.55 bits per heavy atom. The summed E-state index contributed by atoms with van der Waals surface area (Å²) in [7, 11) is 0. The number of hydrogen-bond donors (Lipinski definition) is 1. The Hall–Kier alpha value is -3.19. The van der Waals surface area contributed by atoms with Crippen LogP contribution >= 0.6 is 0 Å². The van der Waals surface area contributed by atoms with E-state index in [2.05, 4.69) is 15.5 Å². The molecule has 0 atom stereocenters. The van der Waals surface area contributed by atoms with Gasteiger partial charge >= 0.3 is 0 Å². The van der Waals surface area contributed by atoms with Crippen LogP contribution in [0.25, 0.3) is 22.6 Å². The van der Waals surface area contributed by atoms with E-state index in [1.165, 1.54) is 0 Å². The van der Waals surface area contributed by atoms with Gasteiger partial charge in [0.2, 0.25) is 11.8 Å². The minimum absolute atomic E-state index is 0.0546. The minimum atomic E-state index is -0.0546. The van der Waals surface area contributed by atoms with Gasteiger partial charge in [-0.3, -0.25) is 4.79 Å². The third-order valence-corrected chi connectivity index (χ3v) is 5.20. The largest absolute Gasteiger partial charge is 0.490 e. The molecule has 7 heteroatoms. The van der Waals surface area contributed by atoms with Crippen LogP contribution in [-0.2, 0) is 9.53 Å². The average Bonchev–Trinajstić information content (AvgIpc) is 3.19. The molecule has 1 aromatic heterocycles. The van der Waals surface area contributed by atoms with Crippen LogP contribution in [0, 0.1) is 0 Å². The molecule has 1 saturated heterocycles. The Bertz CT molecular complexity index is 1070. The van der Waals surface area contributed by atoms with Crippen molar-refractivity contribution >= 4 is 22.7 Å². The average molecular weight is 391 g/mol. The predicted molar refractivity (Wildman–Crippen MR) is 108 cm³/mol. The van der Waals surface area contributed by atoms with Gasteiger partial charge in [0.1, 0.15) is 17.4 Å². The van der Waals surface area contributed by atoms with Gasteiger partial charge in [-0.25, -0.2) is 10.4 Å². The molecule has 0 saturated carbocycles. The van der Waals surface area contributed by atoms with Crippen molar-refractivity contribution in [2.75, 3.05) is 13.2 Å². The minimum Gasteiger partial charge on any atom is -0.490 e. The fourth-order valence-electron chi connectivity index (χ4n) is 3.57. The number of rotatable bonds is 4. The van der Waals surface area contributed by atoms with E-state index in [1.54, 1.807) is 0 Å². The maximum Gasteiger partial charge on any atom is 0.240 e. The van der Waals surface area contributed by atoms with Gasteiger partial charge in [-0.05, 0) is 36.4 Å². The number of hydrazone groups is 1. The van der Waals surface area contributed by atoms with E-state index >= 15 is 0 Å². The number of fused-ring (bicyclic) bond motifs is 1. The first-order valence-corrected chi connectivity index (χ1v) is 9.86. The molecule has 1 fully saturated rings. The van der Waals surface area contributed by atoms with Gasteiger partial charge in [0.15, 0.2) is 5.58 Å². The number of amides is 1. The van der Waals surface area contributed by atoms with Gasteiger partial charge in [0.25, 0.3) is 0 Å². The summed E-state index contributed by atoms with van der Waals surface area (Å²) in [5.74, 6) is 1.35. The second kappa shape index (κ2) is 7.67. The number of aromatic nitrogens is 1. The first-order chi connectivity index (χ1) is 14.2. The van der Waals surface area contributed by atoms with Crippen molar-refractivity contribution in [1.29, 1.82) is 0 Å². The molecule has 2 aliphatic rings. The molecule has 2 aromatic carbocycles. The summed E-state index contributed by atoms with van der Waals surface area (Å²) in [6, 6.07) is 13.6. The quantitative estimate of drug-likeness (QED) is 0.733. The summed E-state index contributed by atoms with van der Waals surface area (Å²) in [5.41, 5.74) is 6.68. The number of nitrogens with one attached hydrogen (secondary N) is 1. The van der Waals surface area contributed by atoms with Crippen molar-refractivity contribution in [2.24, 2.45) is 5.10 Å². The Kier molecular flexibility index (Phi) is 4.73. The highest BCUT2D eigenvalue weighted by molar-refractivity contribution is 6.05. The first-order valence-electron chi connectivity index (χ1n) is 9.86. The SMILES string of the molecule is O=C1CCC(c2ccc3nc(-c4ccc(OC5CCOCC5)cc4)oc3c2)=NN1. The molecule has 7 nitrogen and oxygen atoms in total. The van der Waals surface area contributed by atoms with Crippen molar-refractivity contribution in [3.63, 3.8) is 0 Å². The standard InChI is InChI=1S/C22H21N3O4/c26-21-8-7-18(24-25-21)15-3-6-19-20(13-15)29-22(23-19)14-1-4-16(5-2-14)28-17-9-11-27-12-10-17/h1-6,13,17H,7-12H2,(H,25,26). The Balaban J connectivity index is 1.35. The van der Waals surface area contributed by atoms with E-state index in [4.69, 9.17) is 13.9 Å². The number of oxazole rings is 1. The molecule has 0 unspecified atom stereocenters. The molecular weight excluding hydrogens is 370 g/mol. The van der Waals surface area contributed by atoms with E-state index in [1.807, 2.05) is 42.5 Å². The van der Waals surface area contributed by atoms with Crippen molar-refractivity contribution in [2.45, 2.75) is 31.8 Å². The normalized spacial score (nSPS) is 17.8. The van der Waals surface area contributed by atoms with Crippen LogP contribution in [0.15, 0.2) is 52.0 Å². The van der Waals surface area contributed by atoms with E-state index in [9.17, 15) is 4.79 Å². The number of hydrogen-bond acceptors (Lipinski definition) is 6. The van der Waals surface area contributed by atoms with Crippen molar-refractivity contribution in [3.8, 4) is 17.2 Å². The molecule has 29 heavy (non-hydrogen) atoms. The zero-order chi connectivity index (χ0) is 19.6. The first kappa shape index (κ1) is 17.9. The monoisotopic (exact) mass is 391 g/mol. The lowest BCUT2D eigenvalue weighted by Gasteiger charge is -2.23. The third-order valence-electron chi connectivity index (χ3n) is 5.20. The van der Waals surface area contributed by atoms with Crippen LogP contribution in [-0.4, -0.2) is 35.9 Å². The number of benzene rings is 2. The van der Waals surface area contributed by atoms with Gasteiger partial charge in [0, 0.05) is 36.8 Å². The molecule has 0 bridgehead atoms. The van der Waals surface area contributed by atoms with Crippen molar-refractivity contribution in [3.05, 3.63) is 48.0 Å². The van der Waals surface area contributed by atoms with E-state index < -0.39 is 0 Å². The van der Waals surface area contributed by atoms with E-state index in [0.717, 1.165) is 54.2 Å². The molecule has 148 valence electrons. The lowest BCUT2D eigenvalue weighted by Crippen LogP contribution is -2.25. The topological polar surface area (TPSA) is 86.0 Å². The number of nitrogens with zero attached hydrogens (tertiary/aromatic N) is 2. The van der Waals surface area contributed by atoms with Crippen molar-refractivity contribution < 1.29 is 18.7 Å². The Morgan fingerprint density at radius 2 is 1.79 bits per heavy atom. The molecule has 3 heterocycles. The highest BCUT2D eigenvalue weighted by Gasteiger charge is 2.17. The van der Waals surface area contributed by atoms with Crippen LogP contribution < -0.4 is 10.2 Å². The van der Waals surface area contributed by atoms with E-state index in [0.29, 0.717) is 24.3 Å². The van der Waals surface area contributed by atoms with Gasteiger partial charge < -0.3 is 13.9 Å². The molecule has 3 aromatic rings. The van der Waals surface area contributed by atoms with Gasteiger partial charge in [0.05, 0.1) is 18.9 Å². The Labute approximate surface area is 167 Å². The predicted octanol–water partition coefficient (Wildman–Crippen LogP) is 3.67. The third kappa shape index (κ3) is 3.86. The zero-order valence-electron chi connectivity index (χ0n) is 15.9. The van der Waals surface area contributed by atoms with Gasteiger partial charge in [-0.1, -0.05) is 6.07 Å². The summed E-state index contributed by atoms with van der Waals surface area (Å²) < 4.78 is 17.4. The summed E-state index contributed by atoms with van der Waals surface area (Å²) in [5, 5.41) is 4.14. The highest BCUT2D eigenvalue weighted by atomic mass is 16.5. The molecule has 5 rings (SSSR count). The van der Waals surface area contributed by atoms with Crippen molar-refractivity contribution in [1.82, 2.24) is 10.4 Å². The molecule has 0 radical (unpaired) electrons. The second-order valence-electron chi connectivity index (χ2n) is 7.25. The fourth-order valence-corrected chi connectivity index (χ4v) is 3.57. The summed E-state index contributed by atoms with van der Waals surface area (Å²) >= 11 is 0. The molecule has 0 aliphatic carbocycles.